The second-order valence-corrected chi connectivity index (χ2v) is 4.22. The van der Waals surface area contributed by atoms with Crippen molar-refractivity contribution in [3.05, 3.63) is 11.8 Å². The van der Waals surface area contributed by atoms with Crippen molar-refractivity contribution in [2.75, 3.05) is 11.5 Å². The van der Waals surface area contributed by atoms with Crippen LogP contribution in [0.1, 0.15) is 12.1 Å². The second-order valence-electron chi connectivity index (χ2n) is 2.69. The third kappa shape index (κ3) is 2.30. The van der Waals surface area contributed by atoms with Crippen LogP contribution < -0.4 is 16.6 Å². The van der Waals surface area contributed by atoms with Crippen LogP contribution in [0.4, 0.5) is 20.3 Å². The van der Waals surface area contributed by atoms with E-state index in [0.717, 1.165) is 6.07 Å². The molecule has 9 heteroatoms. The SMILES string of the molecule is Nc1cc(S(N)(=O)=O)c(N)nc1C(F)F. The van der Waals surface area contributed by atoms with Gasteiger partial charge in [0.2, 0.25) is 10.0 Å². The maximum Gasteiger partial charge on any atom is 0.282 e. The minimum absolute atomic E-state index is 0.469. The number of hydrogen-bond donors (Lipinski definition) is 3. The molecule has 0 aliphatic carbocycles. The average molecular weight is 238 g/mol. The maximum atomic E-state index is 12.3. The summed E-state index contributed by atoms with van der Waals surface area (Å²) in [4.78, 5) is 2.62. The molecule has 0 aliphatic heterocycles. The Labute approximate surface area is 84.1 Å². The van der Waals surface area contributed by atoms with Gasteiger partial charge < -0.3 is 11.5 Å². The minimum atomic E-state index is -4.11. The van der Waals surface area contributed by atoms with Crippen molar-refractivity contribution in [3.8, 4) is 0 Å². The van der Waals surface area contributed by atoms with Gasteiger partial charge in [0.15, 0.2) is 0 Å². The van der Waals surface area contributed by atoms with E-state index < -0.39 is 38.5 Å². The molecule has 0 aromatic carbocycles. The molecule has 0 radical (unpaired) electrons. The van der Waals surface area contributed by atoms with Gasteiger partial charge in [0, 0.05) is 0 Å². The van der Waals surface area contributed by atoms with Crippen molar-refractivity contribution in [3.63, 3.8) is 0 Å². The zero-order valence-electron chi connectivity index (χ0n) is 7.31. The van der Waals surface area contributed by atoms with Crippen LogP contribution in [0.3, 0.4) is 0 Å². The molecular formula is C6H8F2N4O2S. The van der Waals surface area contributed by atoms with Gasteiger partial charge in [0.1, 0.15) is 16.4 Å². The number of pyridine rings is 1. The number of nitrogen functional groups attached to an aromatic ring is 2. The molecule has 6 N–H and O–H groups in total. The van der Waals surface area contributed by atoms with Gasteiger partial charge in [-0.25, -0.2) is 27.3 Å². The van der Waals surface area contributed by atoms with Crippen LogP contribution in [0.5, 0.6) is 0 Å². The van der Waals surface area contributed by atoms with Crippen LogP contribution in [-0.4, -0.2) is 13.4 Å². The van der Waals surface area contributed by atoms with Crippen LogP contribution in [0.2, 0.25) is 0 Å². The number of sulfonamides is 1. The van der Waals surface area contributed by atoms with Gasteiger partial charge >= 0.3 is 0 Å². The van der Waals surface area contributed by atoms with Crippen LogP contribution in [0.15, 0.2) is 11.0 Å². The van der Waals surface area contributed by atoms with E-state index in [-0.39, 0.29) is 0 Å². The summed E-state index contributed by atoms with van der Waals surface area (Å²) in [6, 6.07) is 0.763. The van der Waals surface area contributed by atoms with Gasteiger partial charge in [-0.3, -0.25) is 0 Å². The molecule has 0 atom stereocenters. The molecule has 1 aromatic heterocycles. The second kappa shape index (κ2) is 3.59. The van der Waals surface area contributed by atoms with E-state index in [1.165, 1.54) is 0 Å². The van der Waals surface area contributed by atoms with Gasteiger partial charge in [-0.15, -0.1) is 0 Å². The molecule has 1 rings (SSSR count). The number of halogens is 2. The lowest BCUT2D eigenvalue weighted by atomic mass is 10.3. The van der Waals surface area contributed by atoms with Crippen LogP contribution in [0, 0.1) is 0 Å². The number of anilines is 2. The Morgan fingerprint density at radius 2 is 1.87 bits per heavy atom. The van der Waals surface area contributed by atoms with E-state index in [1.54, 1.807) is 0 Å². The predicted octanol–water partition coefficient (Wildman–Crippen LogP) is -0.169. The highest BCUT2D eigenvalue weighted by Gasteiger charge is 2.20. The molecular weight excluding hydrogens is 230 g/mol. The van der Waals surface area contributed by atoms with Crippen LogP contribution in [-0.2, 0) is 10.0 Å². The fourth-order valence-electron chi connectivity index (χ4n) is 0.941. The van der Waals surface area contributed by atoms with E-state index in [9.17, 15) is 17.2 Å². The van der Waals surface area contributed by atoms with Gasteiger partial charge in [-0.1, -0.05) is 0 Å². The van der Waals surface area contributed by atoms with E-state index in [4.69, 9.17) is 16.6 Å². The van der Waals surface area contributed by atoms with Crippen molar-refractivity contribution in [2.24, 2.45) is 5.14 Å². The molecule has 0 spiro atoms. The first kappa shape index (κ1) is 11.6. The molecule has 0 aliphatic rings. The topological polar surface area (TPSA) is 125 Å². The van der Waals surface area contributed by atoms with Crippen molar-refractivity contribution in [2.45, 2.75) is 11.3 Å². The zero-order chi connectivity index (χ0) is 11.8. The molecule has 0 amide bonds. The van der Waals surface area contributed by atoms with Crippen molar-refractivity contribution in [1.29, 1.82) is 0 Å². The summed E-state index contributed by atoms with van der Waals surface area (Å²) >= 11 is 0. The summed E-state index contributed by atoms with van der Waals surface area (Å²) in [6.07, 6.45) is -2.93. The molecule has 6 nitrogen and oxygen atoms in total. The predicted molar refractivity (Wildman–Crippen MR) is 49.4 cm³/mol. The fraction of sp³-hybridized carbons (Fsp3) is 0.167. The number of primary sulfonamides is 1. The van der Waals surface area contributed by atoms with Crippen LogP contribution >= 0.6 is 0 Å². The van der Waals surface area contributed by atoms with E-state index in [2.05, 4.69) is 4.98 Å². The Balaban J connectivity index is 3.46. The first-order valence-corrected chi connectivity index (χ1v) is 5.15. The molecule has 15 heavy (non-hydrogen) atoms. The summed E-state index contributed by atoms with van der Waals surface area (Å²) in [5, 5.41) is 4.76. The number of rotatable bonds is 2. The normalized spacial score (nSPS) is 12.0. The molecule has 0 saturated heterocycles. The van der Waals surface area contributed by atoms with Gasteiger partial charge in [0.05, 0.1) is 5.69 Å². The summed E-state index contributed by atoms with van der Waals surface area (Å²) in [6.45, 7) is 0. The van der Waals surface area contributed by atoms with Gasteiger partial charge in [-0.2, -0.15) is 0 Å². The summed E-state index contributed by atoms with van der Waals surface area (Å²) in [7, 11) is -4.11. The first-order chi connectivity index (χ1) is 6.73. The van der Waals surface area contributed by atoms with E-state index in [1.807, 2.05) is 0 Å². The summed E-state index contributed by atoms with van der Waals surface area (Å²) in [5.41, 5.74) is 9.09. The molecule has 1 aromatic rings. The quantitative estimate of drug-likeness (QED) is 0.659. The lowest BCUT2D eigenvalue weighted by Crippen LogP contribution is -2.16. The third-order valence-corrected chi connectivity index (χ3v) is 2.53. The molecule has 1 heterocycles. The highest BCUT2D eigenvalue weighted by Crippen LogP contribution is 2.27. The summed E-state index contributed by atoms with van der Waals surface area (Å²) < 4.78 is 46.3. The van der Waals surface area contributed by atoms with Gasteiger partial charge in [0.25, 0.3) is 6.43 Å². The number of nitrogens with zero attached hydrogens (tertiary/aromatic N) is 1. The Morgan fingerprint density at radius 1 is 1.33 bits per heavy atom. The first-order valence-electron chi connectivity index (χ1n) is 3.60. The molecule has 0 fully saturated rings. The standard InChI is InChI=1S/C6H8F2N4O2S/c7-5(8)4-2(9)1-3(6(10)12-4)15(11,13)14/h1,5H,9H2,(H2,10,12)(H2,11,13,14). The Morgan fingerprint density at radius 3 is 2.27 bits per heavy atom. The molecule has 0 saturated carbocycles. The third-order valence-electron chi connectivity index (χ3n) is 1.59. The Kier molecular flexibility index (Phi) is 2.77. The molecule has 0 bridgehead atoms. The summed E-state index contributed by atoms with van der Waals surface area (Å²) in [5.74, 6) is -0.595. The van der Waals surface area contributed by atoms with Crippen molar-refractivity contribution < 1.29 is 17.2 Å². The fourth-order valence-corrected chi connectivity index (χ4v) is 1.57. The molecule has 84 valence electrons. The highest BCUT2D eigenvalue weighted by molar-refractivity contribution is 7.89. The number of alkyl halides is 2. The molecule has 0 unspecified atom stereocenters. The lowest BCUT2D eigenvalue weighted by molar-refractivity contribution is 0.147. The smallest absolute Gasteiger partial charge is 0.282 e. The van der Waals surface area contributed by atoms with Gasteiger partial charge in [-0.05, 0) is 6.07 Å². The maximum absolute atomic E-state index is 12.3. The van der Waals surface area contributed by atoms with Crippen molar-refractivity contribution >= 4 is 21.5 Å². The monoisotopic (exact) mass is 238 g/mol. The van der Waals surface area contributed by atoms with E-state index in [0.29, 0.717) is 0 Å². The minimum Gasteiger partial charge on any atom is -0.397 e. The average Bonchev–Trinajstić information content (AvgIpc) is 2.06. The number of aromatic nitrogens is 1. The Bertz CT molecular complexity index is 488. The van der Waals surface area contributed by atoms with Crippen LogP contribution in [0.25, 0.3) is 0 Å². The lowest BCUT2D eigenvalue weighted by Gasteiger charge is -2.08. The number of hydrogen-bond acceptors (Lipinski definition) is 5. The Hall–Kier alpha value is -1.48. The van der Waals surface area contributed by atoms with E-state index >= 15 is 0 Å². The van der Waals surface area contributed by atoms with Crippen molar-refractivity contribution in [1.82, 2.24) is 4.98 Å². The largest absolute Gasteiger partial charge is 0.397 e. The highest BCUT2D eigenvalue weighted by atomic mass is 32.2. The zero-order valence-corrected chi connectivity index (χ0v) is 8.13. The number of nitrogens with two attached hydrogens (primary N) is 3.